The van der Waals surface area contributed by atoms with E-state index in [9.17, 15) is 0 Å². The monoisotopic (exact) mass is 222 g/mol. The zero-order valence-electron chi connectivity index (χ0n) is 8.17. The normalized spacial score (nSPS) is 10.2. The Morgan fingerprint density at radius 3 is 2.93 bits per heavy atom. The van der Waals surface area contributed by atoms with Gasteiger partial charge in [0.2, 0.25) is 0 Å². The molecule has 0 amide bonds. The van der Waals surface area contributed by atoms with Crippen LogP contribution in [0.1, 0.15) is 6.92 Å². The topological polar surface area (TPSA) is 73.9 Å². The smallest absolute Gasteiger partial charge is 0.165 e. The Labute approximate surface area is 91.3 Å². The summed E-state index contributed by atoms with van der Waals surface area (Å²) < 4.78 is 13.3. The lowest BCUT2D eigenvalue weighted by molar-refractivity contribution is 0.339. The summed E-state index contributed by atoms with van der Waals surface area (Å²) in [4.78, 5) is 4.06. The molecule has 0 aliphatic carbocycles. The predicted octanol–water partition coefficient (Wildman–Crippen LogP) is 1.58. The maximum Gasteiger partial charge on any atom is 0.165 e. The number of hydrogen-bond acceptors (Lipinski definition) is 6. The Balaban J connectivity index is 2.37. The van der Waals surface area contributed by atoms with Crippen molar-refractivity contribution < 1.29 is 4.74 Å². The molecule has 0 aromatic carbocycles. The molecule has 2 N–H and O–H groups in total. The Kier molecular flexibility index (Phi) is 2.77. The van der Waals surface area contributed by atoms with Gasteiger partial charge in [-0.2, -0.15) is 8.75 Å². The van der Waals surface area contributed by atoms with Gasteiger partial charge in [0.05, 0.1) is 24.5 Å². The van der Waals surface area contributed by atoms with E-state index >= 15 is 0 Å². The van der Waals surface area contributed by atoms with E-state index in [1.807, 2.05) is 13.0 Å². The van der Waals surface area contributed by atoms with Gasteiger partial charge in [0.1, 0.15) is 11.4 Å². The van der Waals surface area contributed by atoms with E-state index in [1.54, 1.807) is 12.4 Å². The summed E-state index contributed by atoms with van der Waals surface area (Å²) in [5.41, 5.74) is 7.15. The molecule has 0 radical (unpaired) electrons. The highest BCUT2D eigenvalue weighted by Gasteiger charge is 2.08. The van der Waals surface area contributed by atoms with E-state index in [-0.39, 0.29) is 0 Å². The number of hydrogen-bond donors (Lipinski definition) is 1. The molecular formula is C9H10N4OS. The zero-order chi connectivity index (χ0) is 10.7. The molecule has 0 aliphatic rings. The molecule has 0 saturated carbocycles. The highest BCUT2D eigenvalue weighted by Crippen LogP contribution is 2.25. The first-order chi connectivity index (χ1) is 7.31. The summed E-state index contributed by atoms with van der Waals surface area (Å²) >= 11 is 1.09. The van der Waals surface area contributed by atoms with Crippen LogP contribution >= 0.6 is 11.7 Å². The van der Waals surface area contributed by atoms with Crippen molar-refractivity contribution in [2.75, 3.05) is 12.3 Å². The lowest BCUT2D eigenvalue weighted by Gasteiger charge is -2.03. The SMILES string of the molecule is CCOc1cncc(-c2nsnc2N)c1. The van der Waals surface area contributed by atoms with E-state index in [0.29, 0.717) is 23.9 Å². The number of rotatable bonds is 3. The lowest BCUT2D eigenvalue weighted by Crippen LogP contribution is -1.94. The first-order valence-corrected chi connectivity index (χ1v) is 5.20. The molecule has 2 rings (SSSR count). The van der Waals surface area contributed by atoms with E-state index in [1.165, 1.54) is 0 Å². The summed E-state index contributed by atoms with van der Waals surface area (Å²) in [6, 6.07) is 1.85. The van der Waals surface area contributed by atoms with E-state index in [2.05, 4.69) is 13.7 Å². The summed E-state index contributed by atoms with van der Waals surface area (Å²) in [6.45, 7) is 2.53. The summed E-state index contributed by atoms with van der Waals surface area (Å²) in [6.07, 6.45) is 3.35. The van der Waals surface area contributed by atoms with Crippen LogP contribution in [0, 0.1) is 0 Å². The van der Waals surface area contributed by atoms with Crippen LogP contribution in [0.5, 0.6) is 5.75 Å². The number of anilines is 1. The Hall–Kier alpha value is -1.69. The predicted molar refractivity (Wildman–Crippen MR) is 58.7 cm³/mol. The third-order valence-electron chi connectivity index (χ3n) is 1.81. The van der Waals surface area contributed by atoms with E-state index in [0.717, 1.165) is 17.3 Å². The first kappa shape index (κ1) is 9.85. The molecule has 5 nitrogen and oxygen atoms in total. The van der Waals surface area contributed by atoms with Gasteiger partial charge >= 0.3 is 0 Å². The van der Waals surface area contributed by atoms with Gasteiger partial charge in [-0.25, -0.2) is 0 Å². The molecule has 2 aromatic heterocycles. The highest BCUT2D eigenvalue weighted by atomic mass is 32.1. The third kappa shape index (κ3) is 2.04. The van der Waals surface area contributed by atoms with Crippen molar-refractivity contribution in [2.24, 2.45) is 0 Å². The largest absolute Gasteiger partial charge is 0.492 e. The van der Waals surface area contributed by atoms with E-state index in [4.69, 9.17) is 10.5 Å². The van der Waals surface area contributed by atoms with Crippen LogP contribution in [0.4, 0.5) is 5.82 Å². The molecule has 0 unspecified atom stereocenters. The summed E-state index contributed by atoms with van der Waals surface area (Å²) in [5.74, 6) is 1.14. The molecule has 2 heterocycles. The molecule has 0 atom stereocenters. The minimum absolute atomic E-state index is 0.426. The number of nitrogens with zero attached hydrogens (tertiary/aromatic N) is 3. The quantitative estimate of drug-likeness (QED) is 0.853. The average molecular weight is 222 g/mol. The molecule has 15 heavy (non-hydrogen) atoms. The molecule has 6 heteroatoms. The lowest BCUT2D eigenvalue weighted by atomic mass is 10.2. The van der Waals surface area contributed by atoms with Crippen LogP contribution in [0.25, 0.3) is 11.3 Å². The van der Waals surface area contributed by atoms with Crippen LogP contribution < -0.4 is 10.5 Å². The van der Waals surface area contributed by atoms with Crippen molar-refractivity contribution in [2.45, 2.75) is 6.92 Å². The van der Waals surface area contributed by atoms with Gasteiger partial charge in [0.15, 0.2) is 5.82 Å². The maximum absolute atomic E-state index is 5.66. The summed E-state index contributed by atoms with van der Waals surface area (Å²) in [5, 5.41) is 0. The van der Waals surface area contributed by atoms with Crippen molar-refractivity contribution in [1.82, 2.24) is 13.7 Å². The fourth-order valence-electron chi connectivity index (χ4n) is 1.19. The van der Waals surface area contributed by atoms with Gasteiger partial charge in [-0.05, 0) is 13.0 Å². The maximum atomic E-state index is 5.66. The van der Waals surface area contributed by atoms with Gasteiger partial charge in [0, 0.05) is 11.8 Å². The molecule has 0 fully saturated rings. The van der Waals surface area contributed by atoms with Crippen LogP contribution in [0.2, 0.25) is 0 Å². The van der Waals surface area contributed by atoms with Crippen molar-refractivity contribution in [3.05, 3.63) is 18.5 Å². The van der Waals surface area contributed by atoms with Gasteiger partial charge in [-0.1, -0.05) is 0 Å². The number of nitrogen functional groups attached to an aromatic ring is 1. The zero-order valence-corrected chi connectivity index (χ0v) is 8.99. The van der Waals surface area contributed by atoms with Crippen LogP contribution in [0.15, 0.2) is 18.5 Å². The second kappa shape index (κ2) is 4.22. The number of aromatic nitrogens is 3. The molecule has 0 saturated heterocycles. The van der Waals surface area contributed by atoms with Crippen LogP contribution in [-0.2, 0) is 0 Å². The molecule has 78 valence electrons. The number of nitrogens with two attached hydrogens (primary N) is 1. The number of pyridine rings is 1. The fourth-order valence-corrected chi connectivity index (χ4v) is 1.69. The van der Waals surface area contributed by atoms with Crippen LogP contribution in [0.3, 0.4) is 0 Å². The van der Waals surface area contributed by atoms with Crippen molar-refractivity contribution in [3.8, 4) is 17.0 Å². The van der Waals surface area contributed by atoms with Crippen molar-refractivity contribution in [3.63, 3.8) is 0 Å². The molecule has 0 bridgehead atoms. The van der Waals surface area contributed by atoms with Crippen LogP contribution in [-0.4, -0.2) is 20.3 Å². The van der Waals surface area contributed by atoms with Gasteiger partial charge < -0.3 is 10.5 Å². The summed E-state index contributed by atoms with van der Waals surface area (Å²) in [7, 11) is 0. The molecule has 0 aliphatic heterocycles. The van der Waals surface area contributed by atoms with Crippen molar-refractivity contribution >= 4 is 17.5 Å². The second-order valence-electron chi connectivity index (χ2n) is 2.84. The van der Waals surface area contributed by atoms with Gasteiger partial charge in [-0.3, -0.25) is 4.98 Å². The minimum atomic E-state index is 0.426. The molecule has 2 aromatic rings. The highest BCUT2D eigenvalue weighted by molar-refractivity contribution is 6.99. The average Bonchev–Trinajstić information content (AvgIpc) is 2.65. The van der Waals surface area contributed by atoms with E-state index < -0.39 is 0 Å². The van der Waals surface area contributed by atoms with Gasteiger partial charge in [-0.15, -0.1) is 0 Å². The molecular weight excluding hydrogens is 212 g/mol. The standard InChI is InChI=1S/C9H10N4OS/c1-2-14-7-3-6(4-11-5-7)8-9(10)13-15-12-8/h3-5H,2H2,1H3,(H2,10,13). The fraction of sp³-hybridized carbons (Fsp3) is 0.222. The third-order valence-corrected chi connectivity index (χ3v) is 2.35. The Bertz CT molecular complexity index is 457. The number of ether oxygens (including phenoxy) is 1. The second-order valence-corrected chi connectivity index (χ2v) is 3.37. The van der Waals surface area contributed by atoms with Gasteiger partial charge in [0.25, 0.3) is 0 Å². The minimum Gasteiger partial charge on any atom is -0.492 e. The molecule has 0 spiro atoms. The first-order valence-electron chi connectivity index (χ1n) is 4.47. The Morgan fingerprint density at radius 1 is 1.40 bits per heavy atom. The Morgan fingerprint density at radius 2 is 2.27 bits per heavy atom. The van der Waals surface area contributed by atoms with Crippen molar-refractivity contribution in [1.29, 1.82) is 0 Å².